The molecule has 1 aliphatic rings. The van der Waals surface area contributed by atoms with Gasteiger partial charge >= 0.3 is 18.2 Å². The highest BCUT2D eigenvalue weighted by molar-refractivity contribution is 5.81. The number of hydrogen-bond acceptors (Lipinski definition) is 7. The minimum atomic E-state index is -1.01. The molecule has 9 nitrogen and oxygen atoms in total. The van der Waals surface area contributed by atoms with Crippen molar-refractivity contribution >= 4 is 18.2 Å². The van der Waals surface area contributed by atoms with Crippen molar-refractivity contribution in [2.24, 2.45) is 0 Å². The molecule has 160 valence electrons. The van der Waals surface area contributed by atoms with E-state index in [1.807, 2.05) is 30.3 Å². The number of nitrogens with one attached hydrogen (secondary N) is 1. The maximum atomic E-state index is 12.0. The Kier molecular flexibility index (Phi) is 7.83. The molecule has 1 aliphatic heterocycles. The second-order valence-corrected chi connectivity index (χ2v) is 7.62. The second kappa shape index (κ2) is 10.1. The number of ether oxygens (including phenoxy) is 4. The molecule has 9 heteroatoms. The zero-order valence-electron chi connectivity index (χ0n) is 17.2. The Balaban J connectivity index is 1.74. The largest absolute Gasteiger partial charge is 0.467 e. The molecule has 0 radical (unpaired) electrons. The van der Waals surface area contributed by atoms with Gasteiger partial charge in [0.2, 0.25) is 0 Å². The van der Waals surface area contributed by atoms with Crippen LogP contribution in [0.2, 0.25) is 0 Å². The molecule has 0 bridgehead atoms. The first-order valence-electron chi connectivity index (χ1n) is 9.32. The number of nitrogens with zero attached hydrogens (tertiary/aromatic N) is 1. The van der Waals surface area contributed by atoms with Crippen LogP contribution in [0, 0.1) is 0 Å². The lowest BCUT2D eigenvalue weighted by Crippen LogP contribution is -2.57. The van der Waals surface area contributed by atoms with E-state index >= 15 is 0 Å². The van der Waals surface area contributed by atoms with E-state index in [1.54, 1.807) is 20.8 Å². The number of rotatable bonds is 7. The summed E-state index contributed by atoms with van der Waals surface area (Å²) in [6, 6.07) is 8.15. The first-order chi connectivity index (χ1) is 13.7. The van der Waals surface area contributed by atoms with E-state index in [4.69, 9.17) is 18.9 Å². The molecule has 0 saturated carbocycles. The summed E-state index contributed by atoms with van der Waals surface area (Å²) in [6.07, 6.45) is -1.42. The third-order valence-electron chi connectivity index (χ3n) is 3.99. The zero-order valence-corrected chi connectivity index (χ0v) is 17.2. The van der Waals surface area contributed by atoms with Crippen molar-refractivity contribution in [1.29, 1.82) is 0 Å². The lowest BCUT2D eigenvalue weighted by atomic mass is 10.1. The molecule has 1 atom stereocenters. The van der Waals surface area contributed by atoms with Crippen LogP contribution < -0.4 is 5.32 Å². The Labute approximate surface area is 170 Å². The molecule has 0 aliphatic carbocycles. The van der Waals surface area contributed by atoms with Gasteiger partial charge < -0.3 is 29.2 Å². The second-order valence-electron chi connectivity index (χ2n) is 7.62. The van der Waals surface area contributed by atoms with Crippen LogP contribution in [-0.2, 0) is 30.3 Å². The predicted octanol–water partition coefficient (Wildman–Crippen LogP) is 2.09. The average Bonchev–Trinajstić information content (AvgIpc) is 2.62. The topological polar surface area (TPSA) is 103 Å². The van der Waals surface area contributed by atoms with Crippen LogP contribution in [0.15, 0.2) is 30.3 Å². The van der Waals surface area contributed by atoms with Crippen molar-refractivity contribution in [2.45, 2.75) is 45.1 Å². The van der Waals surface area contributed by atoms with Crippen LogP contribution in [-0.4, -0.2) is 67.6 Å². The van der Waals surface area contributed by atoms with Crippen molar-refractivity contribution in [3.63, 3.8) is 0 Å². The Hall–Kier alpha value is -2.81. The van der Waals surface area contributed by atoms with Gasteiger partial charge in [-0.1, -0.05) is 30.3 Å². The number of methoxy groups -OCH3 is 1. The van der Waals surface area contributed by atoms with Crippen LogP contribution in [0.25, 0.3) is 0 Å². The van der Waals surface area contributed by atoms with Gasteiger partial charge in [-0.25, -0.2) is 14.4 Å². The Morgan fingerprint density at radius 1 is 1.17 bits per heavy atom. The fraction of sp³-hybridized carbons (Fsp3) is 0.550. The SMILES string of the molecule is COC(=O)[C@H](COC1CN(C(=O)OC(C)(C)C)C1)NC(=O)OCc1ccccc1. The summed E-state index contributed by atoms with van der Waals surface area (Å²) >= 11 is 0. The molecule has 0 aromatic heterocycles. The summed E-state index contributed by atoms with van der Waals surface area (Å²) in [5, 5.41) is 2.44. The van der Waals surface area contributed by atoms with Gasteiger partial charge in [-0.2, -0.15) is 0 Å². The minimum Gasteiger partial charge on any atom is -0.467 e. The number of carbonyl (C=O) groups is 3. The Morgan fingerprint density at radius 3 is 2.41 bits per heavy atom. The summed E-state index contributed by atoms with van der Waals surface area (Å²) in [6.45, 7) is 6.06. The lowest BCUT2D eigenvalue weighted by Gasteiger charge is -2.39. The molecule has 1 saturated heterocycles. The molecule has 0 unspecified atom stereocenters. The molecule has 1 aromatic rings. The Morgan fingerprint density at radius 2 is 1.83 bits per heavy atom. The monoisotopic (exact) mass is 408 g/mol. The molecular weight excluding hydrogens is 380 g/mol. The van der Waals surface area contributed by atoms with E-state index in [9.17, 15) is 14.4 Å². The van der Waals surface area contributed by atoms with E-state index in [2.05, 4.69) is 5.32 Å². The summed E-state index contributed by atoms with van der Waals surface area (Å²) in [7, 11) is 1.22. The minimum absolute atomic E-state index is 0.0783. The third kappa shape index (κ3) is 7.61. The molecule has 2 rings (SSSR count). The molecule has 1 N–H and O–H groups in total. The summed E-state index contributed by atoms with van der Waals surface area (Å²) in [4.78, 5) is 37.3. The molecular formula is C20H28N2O7. The highest BCUT2D eigenvalue weighted by Gasteiger charge is 2.35. The lowest BCUT2D eigenvalue weighted by molar-refractivity contribution is -0.146. The Bertz CT molecular complexity index is 697. The average molecular weight is 408 g/mol. The van der Waals surface area contributed by atoms with Crippen LogP contribution in [0.3, 0.4) is 0 Å². The van der Waals surface area contributed by atoms with Crippen LogP contribution >= 0.6 is 0 Å². The summed E-state index contributed by atoms with van der Waals surface area (Å²) in [5.74, 6) is -0.648. The van der Waals surface area contributed by atoms with Crippen molar-refractivity contribution in [3.05, 3.63) is 35.9 Å². The van der Waals surface area contributed by atoms with E-state index in [-0.39, 0.29) is 19.3 Å². The number of likely N-dealkylation sites (tertiary alicyclic amines) is 1. The van der Waals surface area contributed by atoms with Gasteiger partial charge in [-0.3, -0.25) is 0 Å². The van der Waals surface area contributed by atoms with Gasteiger partial charge in [-0.05, 0) is 26.3 Å². The van der Waals surface area contributed by atoms with Crippen LogP contribution in [0.5, 0.6) is 0 Å². The number of carbonyl (C=O) groups excluding carboxylic acids is 3. The normalized spacial score (nSPS) is 15.1. The third-order valence-corrected chi connectivity index (χ3v) is 3.99. The maximum Gasteiger partial charge on any atom is 0.410 e. The van der Waals surface area contributed by atoms with Gasteiger partial charge in [0.25, 0.3) is 0 Å². The molecule has 2 amide bonds. The maximum absolute atomic E-state index is 12.0. The first kappa shape index (κ1) is 22.5. The smallest absolute Gasteiger partial charge is 0.410 e. The van der Waals surface area contributed by atoms with Crippen LogP contribution in [0.4, 0.5) is 9.59 Å². The zero-order chi connectivity index (χ0) is 21.4. The molecule has 0 spiro atoms. The predicted molar refractivity (Wildman–Crippen MR) is 103 cm³/mol. The van der Waals surface area contributed by atoms with Gasteiger partial charge in [-0.15, -0.1) is 0 Å². The number of benzene rings is 1. The van der Waals surface area contributed by atoms with Crippen molar-refractivity contribution < 1.29 is 33.3 Å². The number of esters is 1. The molecule has 29 heavy (non-hydrogen) atoms. The van der Waals surface area contributed by atoms with E-state index in [0.717, 1.165) is 5.56 Å². The van der Waals surface area contributed by atoms with Gasteiger partial charge in [0, 0.05) is 0 Å². The van der Waals surface area contributed by atoms with Crippen molar-refractivity contribution in [2.75, 3.05) is 26.8 Å². The summed E-state index contributed by atoms with van der Waals surface area (Å²) < 4.78 is 20.7. The van der Waals surface area contributed by atoms with Gasteiger partial charge in [0.15, 0.2) is 6.04 Å². The van der Waals surface area contributed by atoms with E-state index in [0.29, 0.717) is 13.1 Å². The van der Waals surface area contributed by atoms with E-state index in [1.165, 1.54) is 12.0 Å². The quantitative estimate of drug-likeness (QED) is 0.544. The van der Waals surface area contributed by atoms with Gasteiger partial charge in [0.05, 0.1) is 32.9 Å². The van der Waals surface area contributed by atoms with Gasteiger partial charge in [0.1, 0.15) is 12.2 Å². The number of hydrogen-bond donors (Lipinski definition) is 1. The fourth-order valence-corrected chi connectivity index (χ4v) is 2.47. The molecule has 1 heterocycles. The molecule has 1 aromatic carbocycles. The number of amides is 2. The van der Waals surface area contributed by atoms with E-state index < -0.39 is 29.8 Å². The van der Waals surface area contributed by atoms with Crippen molar-refractivity contribution in [1.82, 2.24) is 10.2 Å². The molecule has 1 fully saturated rings. The fourth-order valence-electron chi connectivity index (χ4n) is 2.47. The number of alkyl carbamates (subject to hydrolysis) is 1. The van der Waals surface area contributed by atoms with Crippen LogP contribution in [0.1, 0.15) is 26.3 Å². The standard InChI is InChI=1S/C20H28N2O7/c1-20(2,3)29-19(25)22-10-15(11-22)27-13-16(17(23)26-4)21-18(24)28-12-14-8-6-5-7-9-14/h5-9,15-16H,10-13H2,1-4H3,(H,21,24)/t16-/m0/s1. The van der Waals surface area contributed by atoms with Crippen molar-refractivity contribution in [3.8, 4) is 0 Å². The summed E-state index contributed by atoms with van der Waals surface area (Å²) in [5.41, 5.74) is 0.258. The first-order valence-corrected chi connectivity index (χ1v) is 9.32. The highest BCUT2D eigenvalue weighted by Crippen LogP contribution is 2.17. The highest BCUT2D eigenvalue weighted by atomic mass is 16.6.